The van der Waals surface area contributed by atoms with Crippen LogP contribution in [0.4, 0.5) is 0 Å². The number of carboxylic acid groups (broad SMARTS) is 1. The molecular weight excluding hydrogens is 324 g/mol. The van der Waals surface area contributed by atoms with Crippen LogP contribution in [0, 0.1) is 22.7 Å². The largest absolute Gasteiger partial charge is 0.480 e. The standard InChI is InChI=1S/C18H30N2O5/c1-9(25-7)14(21)19-13(17(2,3)4)15(22)20-8-10-11(18(10,5)6)12(20)16(23)24/h9-13H,8H2,1-7H3,(H,19,21)(H,23,24)/t9-,10+,11+,12+,13-/m1/s1. The van der Waals surface area contributed by atoms with Gasteiger partial charge in [0, 0.05) is 19.6 Å². The summed E-state index contributed by atoms with van der Waals surface area (Å²) in [7, 11) is 1.43. The molecule has 1 saturated heterocycles. The second kappa shape index (κ2) is 6.27. The fourth-order valence-electron chi connectivity index (χ4n) is 3.98. The number of rotatable bonds is 5. The van der Waals surface area contributed by atoms with Crippen molar-refractivity contribution < 1.29 is 24.2 Å². The summed E-state index contributed by atoms with van der Waals surface area (Å²) in [5.74, 6) is -1.52. The zero-order chi connectivity index (χ0) is 19.3. The number of methoxy groups -OCH3 is 1. The third-order valence-electron chi connectivity index (χ3n) is 5.87. The number of aliphatic carboxylic acids is 1. The molecule has 2 N–H and O–H groups in total. The third-order valence-corrected chi connectivity index (χ3v) is 5.87. The lowest BCUT2D eigenvalue weighted by molar-refractivity contribution is -0.153. The second-order valence-electron chi connectivity index (χ2n) is 8.91. The summed E-state index contributed by atoms with van der Waals surface area (Å²) in [4.78, 5) is 38.6. The number of carbonyl (C=O) groups is 3. The van der Waals surface area contributed by atoms with Gasteiger partial charge in [-0.15, -0.1) is 0 Å². The molecule has 1 aliphatic carbocycles. The van der Waals surface area contributed by atoms with E-state index < -0.39 is 29.6 Å². The minimum absolute atomic E-state index is 0.0248. The summed E-state index contributed by atoms with van der Waals surface area (Å²) < 4.78 is 5.01. The number of nitrogens with one attached hydrogen (secondary N) is 1. The number of carboxylic acids is 1. The molecule has 0 aromatic heterocycles. The van der Waals surface area contributed by atoms with Crippen molar-refractivity contribution in [3.8, 4) is 0 Å². The summed E-state index contributed by atoms with van der Waals surface area (Å²) in [6.07, 6.45) is -0.682. The van der Waals surface area contributed by atoms with E-state index in [0.717, 1.165) is 0 Å². The maximum absolute atomic E-state index is 13.1. The first-order chi connectivity index (χ1) is 11.3. The Morgan fingerprint density at radius 3 is 2.28 bits per heavy atom. The molecule has 7 heteroatoms. The lowest BCUT2D eigenvalue weighted by Gasteiger charge is -2.37. The Morgan fingerprint density at radius 1 is 1.28 bits per heavy atom. The predicted octanol–water partition coefficient (Wildman–Crippen LogP) is 1.12. The molecule has 0 bridgehead atoms. The molecule has 0 aromatic carbocycles. The molecule has 0 spiro atoms. The average Bonchev–Trinajstić information content (AvgIpc) is 2.88. The minimum Gasteiger partial charge on any atom is -0.480 e. The first-order valence-electron chi connectivity index (χ1n) is 8.70. The SMILES string of the molecule is CO[C@H](C)C(=O)N[C@H](C(=O)N1C[C@H]2[C@@H]([C@H]1C(=O)O)C2(C)C)C(C)(C)C. The van der Waals surface area contributed by atoms with Gasteiger partial charge in [0.2, 0.25) is 11.8 Å². The lowest BCUT2D eigenvalue weighted by atomic mass is 9.85. The van der Waals surface area contributed by atoms with E-state index >= 15 is 0 Å². The molecule has 2 fully saturated rings. The van der Waals surface area contributed by atoms with Gasteiger partial charge in [-0.3, -0.25) is 9.59 Å². The van der Waals surface area contributed by atoms with Gasteiger partial charge in [0.25, 0.3) is 0 Å². The van der Waals surface area contributed by atoms with E-state index in [2.05, 4.69) is 5.32 Å². The van der Waals surface area contributed by atoms with Crippen LogP contribution in [0.25, 0.3) is 0 Å². The predicted molar refractivity (Wildman–Crippen MR) is 91.8 cm³/mol. The third kappa shape index (κ3) is 3.38. The topological polar surface area (TPSA) is 95.9 Å². The van der Waals surface area contributed by atoms with Crippen LogP contribution in [0.2, 0.25) is 0 Å². The van der Waals surface area contributed by atoms with Gasteiger partial charge >= 0.3 is 5.97 Å². The number of hydrogen-bond acceptors (Lipinski definition) is 4. The van der Waals surface area contributed by atoms with Crippen LogP contribution in [-0.2, 0) is 19.1 Å². The van der Waals surface area contributed by atoms with Gasteiger partial charge in [-0.2, -0.15) is 0 Å². The highest BCUT2D eigenvalue weighted by Gasteiger charge is 2.70. The molecule has 2 aliphatic rings. The van der Waals surface area contributed by atoms with Crippen LogP contribution in [0.5, 0.6) is 0 Å². The molecule has 7 nitrogen and oxygen atoms in total. The highest BCUT2D eigenvalue weighted by molar-refractivity contribution is 5.93. The van der Waals surface area contributed by atoms with E-state index in [4.69, 9.17) is 4.74 Å². The summed E-state index contributed by atoms with van der Waals surface area (Å²) in [6.45, 7) is 11.7. The van der Waals surface area contributed by atoms with Crippen molar-refractivity contribution in [3.63, 3.8) is 0 Å². The fraction of sp³-hybridized carbons (Fsp3) is 0.833. The molecule has 0 unspecified atom stereocenters. The van der Waals surface area contributed by atoms with Crippen LogP contribution in [0.1, 0.15) is 41.5 Å². The van der Waals surface area contributed by atoms with E-state index in [9.17, 15) is 19.5 Å². The zero-order valence-electron chi connectivity index (χ0n) is 16.1. The van der Waals surface area contributed by atoms with E-state index in [1.54, 1.807) is 6.92 Å². The number of likely N-dealkylation sites (tertiary alicyclic amines) is 1. The molecule has 142 valence electrons. The quantitative estimate of drug-likeness (QED) is 0.771. The summed E-state index contributed by atoms with van der Waals surface area (Å²) in [5.41, 5.74) is -0.601. The number of hydrogen-bond donors (Lipinski definition) is 2. The Hall–Kier alpha value is -1.63. The molecule has 0 radical (unpaired) electrons. The Labute approximate surface area is 149 Å². The monoisotopic (exact) mass is 354 g/mol. The number of piperidine rings is 1. The van der Waals surface area contributed by atoms with Crippen molar-refractivity contribution in [1.29, 1.82) is 0 Å². The molecule has 2 amide bonds. The highest BCUT2D eigenvalue weighted by Crippen LogP contribution is 2.64. The van der Waals surface area contributed by atoms with Crippen LogP contribution in [0.3, 0.4) is 0 Å². The smallest absolute Gasteiger partial charge is 0.326 e. The first kappa shape index (κ1) is 19.7. The summed E-state index contributed by atoms with van der Waals surface area (Å²) >= 11 is 0. The van der Waals surface area contributed by atoms with Crippen molar-refractivity contribution in [3.05, 3.63) is 0 Å². The van der Waals surface area contributed by atoms with Gasteiger partial charge < -0.3 is 20.1 Å². The number of carbonyl (C=O) groups excluding carboxylic acids is 2. The molecule has 2 rings (SSSR count). The van der Waals surface area contributed by atoms with Crippen molar-refractivity contribution in [1.82, 2.24) is 10.2 Å². The van der Waals surface area contributed by atoms with Crippen LogP contribution in [0.15, 0.2) is 0 Å². The number of fused-ring (bicyclic) bond motifs is 1. The van der Waals surface area contributed by atoms with Gasteiger partial charge in [0.1, 0.15) is 18.2 Å². The van der Waals surface area contributed by atoms with E-state index in [0.29, 0.717) is 6.54 Å². The van der Waals surface area contributed by atoms with E-state index in [-0.39, 0.29) is 29.1 Å². The van der Waals surface area contributed by atoms with Crippen molar-refractivity contribution in [2.24, 2.45) is 22.7 Å². The Kier molecular flexibility index (Phi) is 4.94. The van der Waals surface area contributed by atoms with E-state index in [1.165, 1.54) is 12.0 Å². The van der Waals surface area contributed by atoms with Gasteiger partial charge in [-0.1, -0.05) is 34.6 Å². The van der Waals surface area contributed by atoms with Gasteiger partial charge in [-0.05, 0) is 23.7 Å². The molecule has 25 heavy (non-hydrogen) atoms. The molecule has 1 heterocycles. The minimum atomic E-state index is -0.976. The van der Waals surface area contributed by atoms with Gasteiger partial charge in [-0.25, -0.2) is 4.79 Å². The van der Waals surface area contributed by atoms with Crippen LogP contribution in [-0.4, -0.2) is 59.6 Å². The number of amides is 2. The zero-order valence-corrected chi connectivity index (χ0v) is 16.1. The van der Waals surface area contributed by atoms with Crippen molar-refractivity contribution in [2.75, 3.05) is 13.7 Å². The van der Waals surface area contributed by atoms with Gasteiger partial charge in [0.15, 0.2) is 0 Å². The second-order valence-corrected chi connectivity index (χ2v) is 8.91. The average molecular weight is 354 g/mol. The summed E-state index contributed by atoms with van der Waals surface area (Å²) in [5, 5.41) is 12.4. The number of nitrogens with zero attached hydrogens (tertiary/aromatic N) is 1. The molecule has 1 aliphatic heterocycles. The molecule has 5 atom stereocenters. The van der Waals surface area contributed by atoms with Gasteiger partial charge in [0.05, 0.1) is 0 Å². The van der Waals surface area contributed by atoms with E-state index in [1.807, 2.05) is 34.6 Å². The summed E-state index contributed by atoms with van der Waals surface area (Å²) in [6, 6.07) is -1.63. The molecule has 1 saturated carbocycles. The first-order valence-corrected chi connectivity index (χ1v) is 8.70. The Morgan fingerprint density at radius 2 is 1.84 bits per heavy atom. The molecule has 0 aromatic rings. The normalized spacial score (nSPS) is 29.6. The highest BCUT2D eigenvalue weighted by atomic mass is 16.5. The van der Waals surface area contributed by atoms with Crippen LogP contribution >= 0.6 is 0 Å². The van der Waals surface area contributed by atoms with Crippen molar-refractivity contribution in [2.45, 2.75) is 59.7 Å². The lowest BCUT2D eigenvalue weighted by Crippen LogP contribution is -2.59. The maximum atomic E-state index is 13.1. The Bertz CT molecular complexity index is 581. The van der Waals surface area contributed by atoms with Crippen LogP contribution < -0.4 is 5.32 Å². The molecular formula is C18H30N2O5. The Balaban J connectivity index is 2.23. The number of ether oxygens (including phenoxy) is 1. The fourth-order valence-corrected chi connectivity index (χ4v) is 3.98. The van der Waals surface area contributed by atoms with Crippen molar-refractivity contribution >= 4 is 17.8 Å². The maximum Gasteiger partial charge on any atom is 0.326 e.